The molecule has 29 heavy (non-hydrogen) atoms. The summed E-state index contributed by atoms with van der Waals surface area (Å²) in [6.07, 6.45) is 3.25. The molecule has 2 atom stereocenters. The van der Waals surface area contributed by atoms with E-state index >= 15 is 0 Å². The average molecular weight is 519 g/mol. The standard InChI is InChI=1S/C19H24F2IN5O2/c1-19(2,3)29-18(28)26-13-7-5-4-6-12(13)25-17-24-8-10-14(27-17)11(22)9-23-15(10)16(20)21/h8-9,12-13,16H,4-7H2,1-3H3,(H,26,28)(H,24,25,27)/t12-,13+/m1/s1. The predicted octanol–water partition coefficient (Wildman–Crippen LogP) is 4.81. The number of amides is 1. The molecule has 7 nitrogen and oxygen atoms in total. The first-order chi connectivity index (χ1) is 13.6. The van der Waals surface area contributed by atoms with Gasteiger partial charge in [-0.1, -0.05) is 12.8 Å². The Bertz CT molecular complexity index is 891. The van der Waals surface area contributed by atoms with Gasteiger partial charge >= 0.3 is 6.09 Å². The van der Waals surface area contributed by atoms with Crippen molar-refractivity contribution < 1.29 is 18.3 Å². The molecule has 1 aliphatic rings. The maximum absolute atomic E-state index is 13.2. The van der Waals surface area contributed by atoms with Crippen LogP contribution in [0.2, 0.25) is 0 Å². The number of fused-ring (bicyclic) bond motifs is 1. The molecule has 0 aromatic carbocycles. The minimum absolute atomic E-state index is 0.0808. The number of hydrogen-bond acceptors (Lipinski definition) is 6. The molecule has 2 heterocycles. The zero-order valence-corrected chi connectivity index (χ0v) is 18.7. The van der Waals surface area contributed by atoms with E-state index in [9.17, 15) is 13.6 Å². The van der Waals surface area contributed by atoms with E-state index in [1.54, 1.807) is 0 Å². The van der Waals surface area contributed by atoms with Crippen molar-refractivity contribution in [3.63, 3.8) is 0 Å². The van der Waals surface area contributed by atoms with Gasteiger partial charge in [-0.15, -0.1) is 0 Å². The molecular formula is C19H24F2IN5O2. The summed E-state index contributed by atoms with van der Waals surface area (Å²) in [7, 11) is 0. The van der Waals surface area contributed by atoms with E-state index in [0.29, 0.717) is 15.0 Å². The van der Waals surface area contributed by atoms with E-state index in [1.165, 1.54) is 12.4 Å². The van der Waals surface area contributed by atoms with Crippen molar-refractivity contribution in [3.05, 3.63) is 21.7 Å². The molecule has 0 aliphatic heterocycles. The number of ether oxygens (including phenoxy) is 1. The highest BCUT2D eigenvalue weighted by Gasteiger charge is 2.29. The molecule has 1 amide bonds. The Balaban J connectivity index is 1.79. The van der Waals surface area contributed by atoms with Crippen molar-refractivity contribution in [3.8, 4) is 0 Å². The molecule has 10 heteroatoms. The number of anilines is 1. The fraction of sp³-hybridized carbons (Fsp3) is 0.579. The van der Waals surface area contributed by atoms with E-state index in [2.05, 4.69) is 25.6 Å². The Morgan fingerprint density at radius 1 is 1.21 bits per heavy atom. The van der Waals surface area contributed by atoms with Crippen LogP contribution in [0.1, 0.15) is 58.6 Å². The van der Waals surface area contributed by atoms with Gasteiger partial charge in [-0.3, -0.25) is 4.98 Å². The number of nitrogens with zero attached hydrogens (tertiary/aromatic N) is 3. The average Bonchev–Trinajstić information content (AvgIpc) is 2.62. The topological polar surface area (TPSA) is 89.0 Å². The molecule has 3 rings (SSSR count). The number of nitrogens with one attached hydrogen (secondary N) is 2. The summed E-state index contributed by atoms with van der Waals surface area (Å²) in [5.74, 6) is 0.338. The lowest BCUT2D eigenvalue weighted by molar-refractivity contribution is 0.0488. The lowest BCUT2D eigenvalue weighted by atomic mass is 9.90. The Hall–Kier alpha value is -1.85. The fourth-order valence-corrected chi connectivity index (χ4v) is 3.90. The van der Waals surface area contributed by atoms with Gasteiger partial charge in [0.1, 0.15) is 11.3 Å². The summed E-state index contributed by atoms with van der Waals surface area (Å²) in [4.78, 5) is 24.6. The molecule has 1 saturated carbocycles. The van der Waals surface area contributed by atoms with Crippen LogP contribution in [0.25, 0.3) is 10.9 Å². The quantitative estimate of drug-likeness (QED) is 0.564. The van der Waals surface area contributed by atoms with Gasteiger partial charge in [0.2, 0.25) is 5.95 Å². The molecule has 2 N–H and O–H groups in total. The molecule has 0 spiro atoms. The molecule has 2 aromatic rings. The van der Waals surface area contributed by atoms with Gasteiger partial charge in [-0.25, -0.2) is 23.5 Å². The monoisotopic (exact) mass is 519 g/mol. The van der Waals surface area contributed by atoms with Crippen LogP contribution >= 0.6 is 22.6 Å². The molecule has 2 aromatic heterocycles. The molecule has 0 unspecified atom stereocenters. The molecule has 1 fully saturated rings. The van der Waals surface area contributed by atoms with Crippen molar-refractivity contribution in [1.82, 2.24) is 20.3 Å². The maximum atomic E-state index is 13.2. The number of halogens is 3. The summed E-state index contributed by atoms with van der Waals surface area (Å²) >= 11 is 2.02. The summed E-state index contributed by atoms with van der Waals surface area (Å²) < 4.78 is 32.4. The lowest BCUT2D eigenvalue weighted by Gasteiger charge is -2.33. The normalized spacial score (nSPS) is 20.0. The Morgan fingerprint density at radius 3 is 2.55 bits per heavy atom. The van der Waals surface area contributed by atoms with Gasteiger partial charge in [0, 0.05) is 23.8 Å². The lowest BCUT2D eigenvalue weighted by Crippen LogP contribution is -2.50. The minimum Gasteiger partial charge on any atom is -0.444 e. The number of hydrogen-bond donors (Lipinski definition) is 2. The van der Waals surface area contributed by atoms with E-state index < -0.39 is 18.1 Å². The van der Waals surface area contributed by atoms with Crippen LogP contribution in [0, 0.1) is 3.57 Å². The highest BCUT2D eigenvalue weighted by Crippen LogP contribution is 2.28. The van der Waals surface area contributed by atoms with Crippen molar-refractivity contribution in [2.24, 2.45) is 0 Å². The summed E-state index contributed by atoms with van der Waals surface area (Å²) in [6.45, 7) is 5.45. The van der Waals surface area contributed by atoms with E-state index in [4.69, 9.17) is 4.74 Å². The second kappa shape index (κ2) is 8.88. The first-order valence-electron chi connectivity index (χ1n) is 9.49. The van der Waals surface area contributed by atoms with E-state index in [0.717, 1.165) is 25.7 Å². The van der Waals surface area contributed by atoms with Gasteiger partial charge in [0.25, 0.3) is 6.43 Å². The number of carbonyl (C=O) groups is 1. The van der Waals surface area contributed by atoms with Crippen molar-refractivity contribution in [2.45, 2.75) is 70.6 Å². The number of alkyl carbamates (subject to hydrolysis) is 1. The van der Waals surface area contributed by atoms with E-state index in [-0.39, 0.29) is 23.2 Å². The van der Waals surface area contributed by atoms with Crippen LogP contribution in [-0.4, -0.2) is 38.7 Å². The Kier molecular flexibility index (Phi) is 6.69. The second-order valence-corrected chi connectivity index (χ2v) is 9.20. The zero-order chi connectivity index (χ0) is 21.2. The summed E-state index contributed by atoms with van der Waals surface area (Å²) in [6, 6.07) is -0.214. The summed E-state index contributed by atoms with van der Waals surface area (Å²) in [5, 5.41) is 6.43. The van der Waals surface area contributed by atoms with Crippen LogP contribution < -0.4 is 10.6 Å². The third-order valence-corrected chi connectivity index (χ3v) is 5.39. The SMILES string of the molecule is CC(C)(C)OC(=O)N[C@H]1CCCC[C@H]1Nc1ncc2c(C(F)F)ncc(I)c2n1. The van der Waals surface area contributed by atoms with Crippen LogP contribution in [0.15, 0.2) is 12.4 Å². The van der Waals surface area contributed by atoms with Gasteiger partial charge < -0.3 is 15.4 Å². The van der Waals surface area contributed by atoms with E-state index in [1.807, 2.05) is 43.4 Å². The third kappa shape index (κ3) is 5.61. The second-order valence-electron chi connectivity index (χ2n) is 8.04. The molecular weight excluding hydrogens is 495 g/mol. The van der Waals surface area contributed by atoms with Gasteiger partial charge in [-0.2, -0.15) is 0 Å². The van der Waals surface area contributed by atoms with Gasteiger partial charge in [0.05, 0.1) is 15.1 Å². The molecule has 0 saturated heterocycles. The number of pyridine rings is 1. The Morgan fingerprint density at radius 2 is 1.90 bits per heavy atom. The smallest absolute Gasteiger partial charge is 0.407 e. The fourth-order valence-electron chi connectivity index (χ4n) is 3.35. The number of carbonyl (C=O) groups excluding carboxylic acids is 1. The van der Waals surface area contributed by atoms with Crippen LogP contribution in [0.5, 0.6) is 0 Å². The third-order valence-electron chi connectivity index (χ3n) is 4.60. The van der Waals surface area contributed by atoms with Crippen LogP contribution in [0.4, 0.5) is 19.5 Å². The first-order valence-corrected chi connectivity index (χ1v) is 10.6. The molecule has 158 valence electrons. The van der Waals surface area contributed by atoms with Gasteiger partial charge in [0.15, 0.2) is 0 Å². The highest BCUT2D eigenvalue weighted by molar-refractivity contribution is 14.1. The van der Waals surface area contributed by atoms with Crippen molar-refractivity contribution >= 4 is 45.5 Å². The zero-order valence-electron chi connectivity index (χ0n) is 16.5. The molecule has 1 aliphatic carbocycles. The molecule has 0 radical (unpaired) electrons. The first kappa shape index (κ1) is 21.8. The number of rotatable bonds is 4. The minimum atomic E-state index is -2.70. The number of alkyl halides is 2. The van der Waals surface area contributed by atoms with Crippen molar-refractivity contribution in [1.29, 1.82) is 0 Å². The largest absolute Gasteiger partial charge is 0.444 e. The number of aromatic nitrogens is 3. The van der Waals surface area contributed by atoms with Crippen LogP contribution in [-0.2, 0) is 4.74 Å². The van der Waals surface area contributed by atoms with Crippen LogP contribution in [0.3, 0.4) is 0 Å². The molecule has 0 bridgehead atoms. The van der Waals surface area contributed by atoms with Crippen molar-refractivity contribution in [2.75, 3.05) is 5.32 Å². The Labute approximate surface area is 181 Å². The predicted molar refractivity (Wildman–Crippen MR) is 114 cm³/mol. The summed E-state index contributed by atoms with van der Waals surface area (Å²) in [5.41, 5.74) is -0.467. The highest BCUT2D eigenvalue weighted by atomic mass is 127. The van der Waals surface area contributed by atoms with Gasteiger partial charge in [-0.05, 0) is 56.2 Å². The maximum Gasteiger partial charge on any atom is 0.407 e.